The van der Waals surface area contributed by atoms with Crippen LogP contribution in [0.25, 0.3) is 11.3 Å². The van der Waals surface area contributed by atoms with Gasteiger partial charge in [-0.3, -0.25) is 5.10 Å². The van der Waals surface area contributed by atoms with Gasteiger partial charge in [-0.15, -0.1) is 0 Å². The van der Waals surface area contributed by atoms with E-state index in [1.165, 1.54) is 18.2 Å². The molecular formula is C19H16F2N6O. The lowest BCUT2D eigenvalue weighted by Crippen LogP contribution is -2.36. The Hall–Kier alpha value is -3.33. The van der Waals surface area contributed by atoms with Crippen molar-refractivity contribution in [1.29, 1.82) is 0 Å². The van der Waals surface area contributed by atoms with E-state index in [0.717, 1.165) is 5.56 Å². The second-order valence-corrected chi connectivity index (χ2v) is 6.47. The van der Waals surface area contributed by atoms with Crippen LogP contribution in [-0.2, 0) is 4.74 Å². The molecule has 2 aliphatic heterocycles. The minimum absolute atomic E-state index is 0.0690. The van der Waals surface area contributed by atoms with Crippen LogP contribution in [0.2, 0.25) is 0 Å². The highest BCUT2D eigenvalue weighted by Crippen LogP contribution is 2.42. The van der Waals surface area contributed by atoms with E-state index in [-0.39, 0.29) is 11.4 Å². The fourth-order valence-electron chi connectivity index (χ4n) is 3.46. The smallest absolute Gasteiger partial charge is 0.155 e. The topological polar surface area (TPSA) is 78.4 Å². The minimum atomic E-state index is -0.698. The summed E-state index contributed by atoms with van der Waals surface area (Å²) in [6.45, 7) is 2.48. The van der Waals surface area contributed by atoms with Crippen LogP contribution in [0.15, 0.2) is 41.7 Å². The Bertz CT molecular complexity index is 1050. The molecule has 2 aliphatic rings. The van der Waals surface area contributed by atoms with Gasteiger partial charge in [0.25, 0.3) is 0 Å². The molecule has 5 rings (SSSR count). The fourth-order valence-corrected chi connectivity index (χ4v) is 3.46. The number of nitrogens with one attached hydrogen (secondary N) is 2. The molecule has 0 unspecified atom stereocenters. The maximum absolute atomic E-state index is 14.5. The van der Waals surface area contributed by atoms with Crippen LogP contribution >= 0.6 is 0 Å². The molecule has 2 aromatic heterocycles. The van der Waals surface area contributed by atoms with Crippen molar-refractivity contribution >= 4 is 23.0 Å². The van der Waals surface area contributed by atoms with Gasteiger partial charge in [-0.2, -0.15) is 5.10 Å². The van der Waals surface area contributed by atoms with E-state index in [1.54, 1.807) is 12.4 Å². The van der Waals surface area contributed by atoms with Gasteiger partial charge in [-0.05, 0) is 18.2 Å². The van der Waals surface area contributed by atoms with Gasteiger partial charge in [0.2, 0.25) is 0 Å². The number of ether oxygens (including phenoxy) is 1. The van der Waals surface area contributed by atoms with Gasteiger partial charge < -0.3 is 15.0 Å². The predicted molar refractivity (Wildman–Crippen MR) is 101 cm³/mol. The quantitative estimate of drug-likeness (QED) is 0.712. The molecule has 28 heavy (non-hydrogen) atoms. The number of aromatic nitrogens is 3. The average molecular weight is 382 g/mol. The zero-order chi connectivity index (χ0) is 19.1. The van der Waals surface area contributed by atoms with Crippen LogP contribution in [0.4, 0.5) is 26.0 Å². The number of hydrogen-bond donors (Lipinski definition) is 2. The largest absolute Gasteiger partial charge is 0.378 e. The summed E-state index contributed by atoms with van der Waals surface area (Å²) in [5.41, 5.74) is 2.32. The highest BCUT2D eigenvalue weighted by atomic mass is 19.1. The third-order valence-electron chi connectivity index (χ3n) is 4.80. The van der Waals surface area contributed by atoms with Gasteiger partial charge in [0.15, 0.2) is 5.82 Å². The van der Waals surface area contributed by atoms with Crippen LogP contribution in [0, 0.1) is 11.6 Å². The maximum Gasteiger partial charge on any atom is 0.155 e. The van der Waals surface area contributed by atoms with Crippen molar-refractivity contribution in [3.63, 3.8) is 0 Å². The number of benzene rings is 1. The Labute approximate surface area is 159 Å². The summed E-state index contributed by atoms with van der Waals surface area (Å²) in [7, 11) is 0. The molecule has 1 aromatic carbocycles. The molecular weight excluding hydrogens is 366 g/mol. The van der Waals surface area contributed by atoms with Crippen molar-refractivity contribution in [3.8, 4) is 11.3 Å². The van der Waals surface area contributed by atoms with Crippen molar-refractivity contribution in [3.05, 3.63) is 53.9 Å². The third kappa shape index (κ3) is 2.71. The molecule has 0 saturated carbocycles. The van der Waals surface area contributed by atoms with Gasteiger partial charge in [0.1, 0.15) is 23.2 Å². The zero-order valence-electron chi connectivity index (χ0n) is 14.7. The number of hydrogen-bond acceptors (Lipinski definition) is 6. The molecule has 0 amide bonds. The molecule has 0 aliphatic carbocycles. The Morgan fingerprint density at radius 2 is 1.86 bits per heavy atom. The lowest BCUT2D eigenvalue weighted by Gasteiger charge is -2.29. The number of halogens is 2. The minimum Gasteiger partial charge on any atom is -0.378 e. The van der Waals surface area contributed by atoms with Gasteiger partial charge in [0, 0.05) is 24.8 Å². The number of H-pyrrole nitrogens is 1. The summed E-state index contributed by atoms with van der Waals surface area (Å²) in [5, 5.41) is 10.0. The summed E-state index contributed by atoms with van der Waals surface area (Å²) in [6.07, 6.45) is 3.26. The van der Waals surface area contributed by atoms with Crippen molar-refractivity contribution < 1.29 is 13.5 Å². The first-order valence-electron chi connectivity index (χ1n) is 8.88. The molecule has 9 heteroatoms. The number of pyridine rings is 1. The second-order valence-electron chi connectivity index (χ2n) is 6.47. The Balaban J connectivity index is 1.75. The molecule has 4 heterocycles. The Morgan fingerprint density at radius 3 is 2.64 bits per heavy atom. The van der Waals surface area contributed by atoms with E-state index in [0.29, 0.717) is 49.2 Å². The summed E-state index contributed by atoms with van der Waals surface area (Å²) < 4.78 is 34.4. The van der Waals surface area contributed by atoms with E-state index in [4.69, 9.17) is 4.74 Å². The van der Waals surface area contributed by atoms with E-state index in [9.17, 15) is 8.78 Å². The number of morpholine rings is 1. The van der Waals surface area contributed by atoms with Gasteiger partial charge in [0.05, 0.1) is 36.4 Å². The monoisotopic (exact) mass is 382 g/mol. The molecule has 0 spiro atoms. The summed E-state index contributed by atoms with van der Waals surface area (Å²) in [5.74, 6) is -0.688. The van der Waals surface area contributed by atoms with E-state index in [2.05, 4.69) is 30.4 Å². The van der Waals surface area contributed by atoms with E-state index < -0.39 is 11.6 Å². The van der Waals surface area contributed by atoms with Crippen molar-refractivity contribution in [2.45, 2.75) is 0 Å². The molecule has 1 saturated heterocycles. The van der Waals surface area contributed by atoms with Crippen molar-refractivity contribution in [2.75, 3.05) is 36.5 Å². The first-order valence-corrected chi connectivity index (χ1v) is 8.88. The highest BCUT2D eigenvalue weighted by molar-refractivity contribution is 6.14. The maximum atomic E-state index is 14.5. The number of rotatable bonds is 2. The van der Waals surface area contributed by atoms with Crippen molar-refractivity contribution in [1.82, 2.24) is 15.2 Å². The first kappa shape index (κ1) is 16.8. The standard InChI is InChI=1S/C19H16F2N6O/c20-12-2-1-3-13(21)15(12)18-24-14-10-23-26-16(14)11-4-5-22-19(17(11)25-18)27-6-8-28-9-7-27/h1-5,10H,6-9H2,(H,23,26)(H,24,25). The summed E-state index contributed by atoms with van der Waals surface area (Å²) in [6, 6.07) is 5.54. The number of fused-ring (bicyclic) bond motifs is 3. The van der Waals surface area contributed by atoms with Gasteiger partial charge >= 0.3 is 0 Å². The van der Waals surface area contributed by atoms with E-state index >= 15 is 0 Å². The molecule has 0 radical (unpaired) electrons. The van der Waals surface area contributed by atoms with Gasteiger partial charge in [-0.25, -0.2) is 18.8 Å². The van der Waals surface area contributed by atoms with Crippen LogP contribution in [0.1, 0.15) is 5.56 Å². The van der Waals surface area contributed by atoms with Crippen molar-refractivity contribution in [2.24, 2.45) is 4.99 Å². The first-order chi connectivity index (χ1) is 13.7. The number of aromatic amines is 1. The molecule has 142 valence electrons. The summed E-state index contributed by atoms with van der Waals surface area (Å²) in [4.78, 5) is 11.2. The van der Waals surface area contributed by atoms with Crippen LogP contribution in [0.3, 0.4) is 0 Å². The number of amidine groups is 1. The average Bonchev–Trinajstić information content (AvgIpc) is 3.10. The molecule has 3 aromatic rings. The molecule has 1 fully saturated rings. The normalized spacial score (nSPS) is 15.9. The molecule has 0 bridgehead atoms. The molecule has 7 nitrogen and oxygen atoms in total. The number of nitrogens with zero attached hydrogens (tertiary/aromatic N) is 4. The third-order valence-corrected chi connectivity index (χ3v) is 4.80. The molecule has 0 atom stereocenters. The van der Waals surface area contributed by atoms with Crippen LogP contribution in [0.5, 0.6) is 0 Å². The lowest BCUT2D eigenvalue weighted by atomic mass is 10.1. The summed E-state index contributed by atoms with van der Waals surface area (Å²) >= 11 is 0. The Kier molecular flexibility index (Phi) is 4.01. The highest BCUT2D eigenvalue weighted by Gasteiger charge is 2.26. The predicted octanol–water partition coefficient (Wildman–Crippen LogP) is 3.09. The van der Waals surface area contributed by atoms with Crippen LogP contribution in [-0.4, -0.2) is 47.3 Å². The second kappa shape index (κ2) is 6.68. The number of aliphatic imine (C=N–C) groups is 1. The fraction of sp³-hybridized carbons (Fsp3) is 0.211. The van der Waals surface area contributed by atoms with E-state index in [1.807, 2.05) is 6.07 Å². The van der Waals surface area contributed by atoms with Gasteiger partial charge in [-0.1, -0.05) is 6.07 Å². The zero-order valence-corrected chi connectivity index (χ0v) is 14.7. The molecule has 2 N–H and O–H groups in total. The lowest BCUT2D eigenvalue weighted by molar-refractivity contribution is 0.122. The van der Waals surface area contributed by atoms with Crippen LogP contribution < -0.4 is 10.2 Å². The number of anilines is 2. The SMILES string of the molecule is Fc1cccc(F)c1C1=Nc2c(ccnc2N2CCOCC2)-c2[nH]ncc2N1. The Morgan fingerprint density at radius 1 is 1.07 bits per heavy atom.